The summed E-state index contributed by atoms with van der Waals surface area (Å²) in [5.74, 6) is 6.14. The van der Waals surface area contributed by atoms with Gasteiger partial charge in [-0.15, -0.1) is 0 Å². The van der Waals surface area contributed by atoms with Crippen LogP contribution in [0, 0.1) is 11.8 Å². The number of carbonyl (C=O) groups is 2. The number of nitrogens with one attached hydrogen (secondary N) is 1. The van der Waals surface area contributed by atoms with E-state index in [-0.39, 0.29) is 19.1 Å². The molecule has 2 rings (SSSR count). The largest absolute Gasteiger partial charge is 0.484 e. The van der Waals surface area contributed by atoms with Gasteiger partial charge in [0.1, 0.15) is 5.75 Å². The van der Waals surface area contributed by atoms with Crippen molar-refractivity contribution in [2.24, 2.45) is 5.73 Å². The molecule has 5 nitrogen and oxygen atoms in total. The molecule has 0 unspecified atom stereocenters. The number of hydrogen-bond donors (Lipinski definition) is 2. The number of benzene rings is 2. The van der Waals surface area contributed by atoms with Crippen LogP contribution < -0.4 is 15.8 Å². The van der Waals surface area contributed by atoms with Crippen molar-refractivity contribution < 1.29 is 14.3 Å². The Morgan fingerprint density at radius 1 is 1.08 bits per heavy atom. The molecule has 0 bridgehead atoms. The molecule has 0 atom stereocenters. The molecule has 2 aromatic rings. The third-order valence-corrected chi connectivity index (χ3v) is 3.69. The molecule has 0 aliphatic heterocycles. The van der Waals surface area contributed by atoms with E-state index < -0.39 is 5.91 Å². The van der Waals surface area contributed by atoms with Gasteiger partial charge in [0.15, 0.2) is 6.61 Å². The lowest BCUT2D eigenvalue weighted by atomic mass is 10.0. The highest BCUT2D eigenvalue weighted by atomic mass is 16.5. The first kappa shape index (κ1) is 19.1. The number of nitrogens with two attached hydrogens (primary N) is 1. The van der Waals surface area contributed by atoms with Gasteiger partial charge in [-0.2, -0.15) is 0 Å². The van der Waals surface area contributed by atoms with Crippen LogP contribution in [-0.2, 0) is 4.79 Å². The van der Waals surface area contributed by atoms with E-state index in [1.807, 2.05) is 24.3 Å². The second kappa shape index (κ2) is 9.28. The Kier molecular flexibility index (Phi) is 6.81. The lowest BCUT2D eigenvalue weighted by Crippen LogP contribution is -2.29. The normalized spacial score (nSPS) is 9.96. The first-order valence-electron chi connectivity index (χ1n) is 8.34. The van der Waals surface area contributed by atoms with Crippen molar-refractivity contribution in [1.82, 2.24) is 5.32 Å². The molecule has 0 saturated carbocycles. The number of ether oxygens (including phenoxy) is 1. The molecule has 2 aromatic carbocycles. The van der Waals surface area contributed by atoms with Gasteiger partial charge in [-0.05, 0) is 47.9 Å². The Hall–Kier alpha value is -3.26. The first-order chi connectivity index (χ1) is 12.5. The number of amides is 2. The zero-order valence-corrected chi connectivity index (χ0v) is 14.9. The van der Waals surface area contributed by atoms with E-state index in [2.05, 4.69) is 31.0 Å². The molecule has 0 aliphatic rings. The summed E-state index contributed by atoms with van der Waals surface area (Å²) in [7, 11) is 0. The van der Waals surface area contributed by atoms with Crippen LogP contribution in [0.4, 0.5) is 0 Å². The topological polar surface area (TPSA) is 81.4 Å². The highest BCUT2D eigenvalue weighted by Gasteiger charge is 2.03. The number of rotatable bonds is 6. The average Bonchev–Trinajstić information content (AvgIpc) is 2.64. The van der Waals surface area contributed by atoms with Crippen LogP contribution in [0.5, 0.6) is 5.75 Å². The molecule has 134 valence electrons. The number of carbonyl (C=O) groups excluding carboxylic acids is 2. The van der Waals surface area contributed by atoms with Crippen molar-refractivity contribution in [2.45, 2.75) is 19.8 Å². The van der Waals surface area contributed by atoms with Gasteiger partial charge in [0.25, 0.3) is 5.91 Å². The summed E-state index contributed by atoms with van der Waals surface area (Å²) < 4.78 is 5.45. The third kappa shape index (κ3) is 5.99. The Morgan fingerprint density at radius 3 is 2.31 bits per heavy atom. The fraction of sp³-hybridized carbons (Fsp3) is 0.238. The fourth-order valence-electron chi connectivity index (χ4n) is 2.16. The number of hydrogen-bond acceptors (Lipinski definition) is 3. The van der Waals surface area contributed by atoms with Crippen LogP contribution in [0.3, 0.4) is 0 Å². The molecule has 5 heteroatoms. The predicted molar refractivity (Wildman–Crippen MR) is 101 cm³/mol. The summed E-state index contributed by atoms with van der Waals surface area (Å²) in [6.07, 6.45) is 0. The lowest BCUT2D eigenvalue weighted by molar-refractivity contribution is -0.122. The number of primary amides is 1. The van der Waals surface area contributed by atoms with Gasteiger partial charge < -0.3 is 15.8 Å². The van der Waals surface area contributed by atoms with Crippen molar-refractivity contribution in [2.75, 3.05) is 13.2 Å². The van der Waals surface area contributed by atoms with Gasteiger partial charge in [0, 0.05) is 11.1 Å². The SMILES string of the molecule is CC(C)c1ccc(OCC(=O)NCC#Cc2ccc(C(N)=O)cc2)cc1. The zero-order chi connectivity index (χ0) is 18.9. The van der Waals surface area contributed by atoms with Crippen LogP contribution in [-0.4, -0.2) is 25.0 Å². The van der Waals surface area contributed by atoms with Crippen LogP contribution in [0.1, 0.15) is 41.3 Å². The maximum absolute atomic E-state index is 11.8. The molecule has 0 spiro atoms. The van der Waals surface area contributed by atoms with Crippen molar-refractivity contribution >= 4 is 11.8 Å². The van der Waals surface area contributed by atoms with Crippen LogP contribution >= 0.6 is 0 Å². The molecular formula is C21H22N2O3. The summed E-state index contributed by atoms with van der Waals surface area (Å²) >= 11 is 0. The molecule has 0 saturated heterocycles. The van der Waals surface area contributed by atoms with Crippen molar-refractivity contribution in [3.8, 4) is 17.6 Å². The third-order valence-electron chi connectivity index (χ3n) is 3.69. The Balaban J connectivity index is 1.74. The molecule has 0 aromatic heterocycles. The lowest BCUT2D eigenvalue weighted by Gasteiger charge is -2.08. The minimum atomic E-state index is -0.476. The second-order valence-corrected chi connectivity index (χ2v) is 6.03. The minimum Gasteiger partial charge on any atom is -0.484 e. The molecule has 3 N–H and O–H groups in total. The summed E-state index contributed by atoms with van der Waals surface area (Å²) in [5.41, 5.74) is 7.57. The predicted octanol–water partition coefficient (Wildman–Crippen LogP) is 2.46. The second-order valence-electron chi connectivity index (χ2n) is 6.03. The smallest absolute Gasteiger partial charge is 0.258 e. The average molecular weight is 350 g/mol. The first-order valence-corrected chi connectivity index (χ1v) is 8.34. The Labute approximate surface area is 153 Å². The standard InChI is InChI=1S/C21H22N2O3/c1-15(2)17-9-11-19(12-10-17)26-14-20(24)23-13-3-4-16-5-7-18(8-6-16)21(22)25/h5-12,15H,13-14H2,1-2H3,(H2,22,25)(H,23,24). The van der Waals surface area contributed by atoms with Gasteiger partial charge in [0.2, 0.25) is 5.91 Å². The molecule has 0 heterocycles. The van der Waals surface area contributed by atoms with E-state index in [9.17, 15) is 9.59 Å². The maximum Gasteiger partial charge on any atom is 0.258 e. The van der Waals surface area contributed by atoms with E-state index in [0.717, 1.165) is 5.56 Å². The van der Waals surface area contributed by atoms with E-state index in [1.54, 1.807) is 24.3 Å². The van der Waals surface area contributed by atoms with Crippen molar-refractivity contribution in [3.63, 3.8) is 0 Å². The van der Waals surface area contributed by atoms with Gasteiger partial charge in [-0.1, -0.05) is 37.8 Å². The quantitative estimate of drug-likeness (QED) is 0.785. The highest BCUT2D eigenvalue weighted by molar-refractivity contribution is 5.92. The monoisotopic (exact) mass is 350 g/mol. The van der Waals surface area contributed by atoms with Gasteiger partial charge in [0.05, 0.1) is 6.54 Å². The van der Waals surface area contributed by atoms with Crippen LogP contribution in [0.15, 0.2) is 48.5 Å². The van der Waals surface area contributed by atoms with Gasteiger partial charge in [-0.25, -0.2) is 0 Å². The molecule has 0 fully saturated rings. The van der Waals surface area contributed by atoms with E-state index in [4.69, 9.17) is 10.5 Å². The van der Waals surface area contributed by atoms with Crippen molar-refractivity contribution in [3.05, 3.63) is 65.2 Å². The molecule has 2 amide bonds. The summed E-state index contributed by atoms with van der Waals surface area (Å²) in [6, 6.07) is 14.3. The van der Waals surface area contributed by atoms with Gasteiger partial charge in [-0.3, -0.25) is 9.59 Å². The Morgan fingerprint density at radius 2 is 1.73 bits per heavy atom. The Bertz CT molecular complexity index is 813. The van der Waals surface area contributed by atoms with Gasteiger partial charge >= 0.3 is 0 Å². The summed E-state index contributed by atoms with van der Waals surface area (Å²) in [4.78, 5) is 22.8. The van der Waals surface area contributed by atoms with E-state index in [0.29, 0.717) is 17.2 Å². The molecule has 0 radical (unpaired) electrons. The van der Waals surface area contributed by atoms with E-state index >= 15 is 0 Å². The fourth-order valence-corrected chi connectivity index (χ4v) is 2.16. The summed E-state index contributed by atoms with van der Waals surface area (Å²) in [5, 5.41) is 2.67. The van der Waals surface area contributed by atoms with Crippen LogP contribution in [0.2, 0.25) is 0 Å². The minimum absolute atomic E-state index is 0.0595. The highest BCUT2D eigenvalue weighted by Crippen LogP contribution is 2.18. The maximum atomic E-state index is 11.8. The molecular weight excluding hydrogens is 328 g/mol. The van der Waals surface area contributed by atoms with Crippen molar-refractivity contribution in [1.29, 1.82) is 0 Å². The summed E-state index contributed by atoms with van der Waals surface area (Å²) in [6.45, 7) is 4.40. The molecule has 0 aliphatic carbocycles. The van der Waals surface area contributed by atoms with Crippen LogP contribution in [0.25, 0.3) is 0 Å². The zero-order valence-electron chi connectivity index (χ0n) is 14.9. The van der Waals surface area contributed by atoms with E-state index in [1.165, 1.54) is 5.56 Å². The molecule has 26 heavy (non-hydrogen) atoms.